The summed E-state index contributed by atoms with van der Waals surface area (Å²) in [5, 5.41) is 0. The van der Waals surface area contributed by atoms with Crippen molar-refractivity contribution in [3.8, 4) is 0 Å². The molecule has 1 unspecified atom stereocenters. The Morgan fingerprint density at radius 3 is 3.24 bits per heavy atom. The highest BCUT2D eigenvalue weighted by Gasteiger charge is 2.15. The fraction of sp³-hybridized carbons (Fsp3) is 0.462. The van der Waals surface area contributed by atoms with E-state index >= 15 is 0 Å². The summed E-state index contributed by atoms with van der Waals surface area (Å²) < 4.78 is 6.70. The van der Waals surface area contributed by atoms with Crippen LogP contribution in [0, 0.1) is 0 Å². The summed E-state index contributed by atoms with van der Waals surface area (Å²) in [6, 6.07) is 6.12. The average Bonchev–Trinajstić information content (AvgIpc) is 2.94. The molecule has 0 saturated carbocycles. The van der Waals surface area contributed by atoms with E-state index in [1.54, 1.807) is 0 Å². The minimum absolute atomic E-state index is 0.440. The Bertz CT molecular complexity index is 517. The van der Waals surface area contributed by atoms with Crippen LogP contribution in [-0.2, 0) is 11.2 Å². The summed E-state index contributed by atoms with van der Waals surface area (Å²) in [5.41, 5.74) is 2.14. The maximum Gasteiger partial charge on any atom is 0.107 e. The summed E-state index contributed by atoms with van der Waals surface area (Å²) in [4.78, 5) is 7.95. The van der Waals surface area contributed by atoms with Crippen LogP contribution in [0.2, 0.25) is 0 Å². The van der Waals surface area contributed by atoms with Gasteiger partial charge in [-0.25, -0.2) is 4.98 Å². The zero-order chi connectivity index (χ0) is 11.7. The van der Waals surface area contributed by atoms with Gasteiger partial charge in [-0.15, -0.1) is 0 Å². The number of aryl methyl sites for hydroxylation is 1. The number of nitrogens with one attached hydrogen (secondary N) is 1. The molecule has 0 radical (unpaired) electrons. The van der Waals surface area contributed by atoms with E-state index in [9.17, 15) is 0 Å². The van der Waals surface area contributed by atoms with Crippen molar-refractivity contribution < 1.29 is 4.74 Å². The Morgan fingerprint density at radius 2 is 2.41 bits per heavy atom. The van der Waals surface area contributed by atoms with Gasteiger partial charge in [0.15, 0.2) is 0 Å². The SMILES string of the molecule is Brc1ccc2nc(CCC3CCCO3)[nH]c2c1. The van der Waals surface area contributed by atoms with Crippen molar-refractivity contribution in [2.45, 2.75) is 31.8 Å². The van der Waals surface area contributed by atoms with Crippen molar-refractivity contribution in [2.24, 2.45) is 0 Å². The van der Waals surface area contributed by atoms with Crippen LogP contribution in [0.5, 0.6) is 0 Å². The molecule has 0 bridgehead atoms. The summed E-state index contributed by atoms with van der Waals surface area (Å²) in [5.74, 6) is 1.06. The van der Waals surface area contributed by atoms with E-state index in [1.165, 1.54) is 12.8 Å². The molecule has 3 nitrogen and oxygen atoms in total. The van der Waals surface area contributed by atoms with Gasteiger partial charge in [-0.3, -0.25) is 0 Å². The molecule has 2 aromatic rings. The van der Waals surface area contributed by atoms with E-state index in [4.69, 9.17) is 4.74 Å². The zero-order valence-electron chi connectivity index (χ0n) is 9.58. The Balaban J connectivity index is 1.72. The average molecular weight is 295 g/mol. The van der Waals surface area contributed by atoms with Crippen molar-refractivity contribution in [3.05, 3.63) is 28.5 Å². The topological polar surface area (TPSA) is 37.9 Å². The molecule has 4 heteroatoms. The maximum atomic E-state index is 5.62. The molecule has 90 valence electrons. The lowest BCUT2D eigenvalue weighted by Crippen LogP contribution is -2.06. The summed E-state index contributed by atoms with van der Waals surface area (Å²) in [6.07, 6.45) is 4.89. The normalized spacial score (nSPS) is 20.2. The molecule has 2 heterocycles. The Morgan fingerprint density at radius 1 is 1.47 bits per heavy atom. The van der Waals surface area contributed by atoms with E-state index in [-0.39, 0.29) is 0 Å². The Labute approximate surface area is 109 Å². The van der Waals surface area contributed by atoms with Gasteiger partial charge in [0.05, 0.1) is 17.1 Å². The molecule has 3 rings (SSSR count). The highest BCUT2D eigenvalue weighted by molar-refractivity contribution is 9.10. The number of H-pyrrole nitrogens is 1. The van der Waals surface area contributed by atoms with Crippen LogP contribution in [0.1, 0.15) is 25.1 Å². The van der Waals surface area contributed by atoms with E-state index in [0.29, 0.717) is 6.10 Å². The van der Waals surface area contributed by atoms with E-state index in [0.717, 1.165) is 40.8 Å². The number of ether oxygens (including phenoxy) is 1. The first-order valence-electron chi connectivity index (χ1n) is 6.07. The zero-order valence-corrected chi connectivity index (χ0v) is 11.2. The second-order valence-electron chi connectivity index (χ2n) is 4.52. The first-order chi connectivity index (χ1) is 8.31. The third-order valence-electron chi connectivity index (χ3n) is 3.22. The van der Waals surface area contributed by atoms with Crippen molar-refractivity contribution in [3.63, 3.8) is 0 Å². The molecule has 1 aliphatic rings. The molecule has 1 aromatic carbocycles. The van der Waals surface area contributed by atoms with Crippen molar-refractivity contribution in [2.75, 3.05) is 6.61 Å². The number of rotatable bonds is 3. The number of hydrogen-bond acceptors (Lipinski definition) is 2. The van der Waals surface area contributed by atoms with Crippen molar-refractivity contribution in [1.29, 1.82) is 0 Å². The van der Waals surface area contributed by atoms with Crippen LogP contribution in [0.3, 0.4) is 0 Å². The summed E-state index contributed by atoms with van der Waals surface area (Å²) >= 11 is 3.47. The molecule has 0 spiro atoms. The molecule has 1 fully saturated rings. The van der Waals surface area contributed by atoms with Crippen molar-refractivity contribution >= 4 is 27.0 Å². The van der Waals surface area contributed by atoms with Gasteiger partial charge in [0.2, 0.25) is 0 Å². The Kier molecular flexibility index (Phi) is 3.16. The first kappa shape index (κ1) is 11.2. The standard InChI is InChI=1S/C13H15BrN2O/c14-9-3-5-11-12(8-9)16-13(15-11)6-4-10-2-1-7-17-10/h3,5,8,10H,1-2,4,6-7H2,(H,15,16). The number of halogens is 1. The van der Waals surface area contributed by atoms with Gasteiger partial charge in [0.25, 0.3) is 0 Å². The number of hydrogen-bond donors (Lipinski definition) is 1. The van der Waals surface area contributed by atoms with Crippen LogP contribution < -0.4 is 0 Å². The monoisotopic (exact) mass is 294 g/mol. The quantitative estimate of drug-likeness (QED) is 0.942. The number of imidazole rings is 1. The van der Waals surface area contributed by atoms with E-state index < -0.39 is 0 Å². The lowest BCUT2D eigenvalue weighted by atomic mass is 10.1. The molecule has 0 amide bonds. The van der Waals surface area contributed by atoms with Crippen LogP contribution >= 0.6 is 15.9 Å². The van der Waals surface area contributed by atoms with E-state index in [2.05, 4.69) is 32.0 Å². The number of aromatic amines is 1. The lowest BCUT2D eigenvalue weighted by Gasteiger charge is -2.06. The van der Waals surface area contributed by atoms with Crippen LogP contribution in [0.15, 0.2) is 22.7 Å². The van der Waals surface area contributed by atoms with Gasteiger partial charge in [0.1, 0.15) is 5.82 Å². The molecule has 17 heavy (non-hydrogen) atoms. The molecule has 1 aliphatic heterocycles. The Hall–Kier alpha value is -0.870. The smallest absolute Gasteiger partial charge is 0.107 e. The highest BCUT2D eigenvalue weighted by Crippen LogP contribution is 2.20. The third kappa shape index (κ3) is 2.53. The van der Waals surface area contributed by atoms with Gasteiger partial charge in [-0.05, 0) is 37.5 Å². The van der Waals surface area contributed by atoms with Gasteiger partial charge >= 0.3 is 0 Å². The predicted octanol–water partition coefficient (Wildman–Crippen LogP) is 3.44. The van der Waals surface area contributed by atoms with Gasteiger partial charge in [-0.2, -0.15) is 0 Å². The molecular weight excluding hydrogens is 280 g/mol. The molecule has 1 aromatic heterocycles. The predicted molar refractivity (Wildman–Crippen MR) is 71.1 cm³/mol. The maximum absolute atomic E-state index is 5.62. The van der Waals surface area contributed by atoms with Crippen LogP contribution in [0.25, 0.3) is 11.0 Å². The van der Waals surface area contributed by atoms with E-state index in [1.807, 2.05) is 12.1 Å². The summed E-state index contributed by atoms with van der Waals surface area (Å²) in [6.45, 7) is 0.928. The molecule has 1 atom stereocenters. The molecule has 0 aliphatic carbocycles. The number of fused-ring (bicyclic) bond motifs is 1. The minimum Gasteiger partial charge on any atom is -0.378 e. The fourth-order valence-electron chi connectivity index (χ4n) is 2.32. The lowest BCUT2D eigenvalue weighted by molar-refractivity contribution is 0.104. The minimum atomic E-state index is 0.440. The first-order valence-corrected chi connectivity index (χ1v) is 6.86. The molecule has 1 saturated heterocycles. The van der Waals surface area contributed by atoms with Gasteiger partial charge in [0, 0.05) is 17.5 Å². The van der Waals surface area contributed by atoms with Crippen LogP contribution in [-0.4, -0.2) is 22.7 Å². The second-order valence-corrected chi connectivity index (χ2v) is 5.43. The fourth-order valence-corrected chi connectivity index (χ4v) is 2.68. The molecule has 1 N–H and O–H groups in total. The van der Waals surface area contributed by atoms with Gasteiger partial charge < -0.3 is 9.72 Å². The highest BCUT2D eigenvalue weighted by atomic mass is 79.9. The number of aromatic nitrogens is 2. The largest absolute Gasteiger partial charge is 0.378 e. The number of nitrogens with zero attached hydrogens (tertiary/aromatic N) is 1. The summed E-state index contributed by atoms with van der Waals surface area (Å²) in [7, 11) is 0. The third-order valence-corrected chi connectivity index (χ3v) is 3.71. The molecular formula is C13H15BrN2O. The van der Waals surface area contributed by atoms with Gasteiger partial charge in [-0.1, -0.05) is 15.9 Å². The second kappa shape index (κ2) is 4.78. The van der Waals surface area contributed by atoms with Crippen molar-refractivity contribution in [1.82, 2.24) is 9.97 Å². The number of benzene rings is 1. The van der Waals surface area contributed by atoms with Crippen LogP contribution in [0.4, 0.5) is 0 Å².